The number of aliphatic hydroxyl groups is 1. The smallest absolute Gasteiger partial charge is 0.410 e. The van der Waals surface area contributed by atoms with Crippen LogP contribution in [0.3, 0.4) is 0 Å². The molecule has 5 heteroatoms. The van der Waals surface area contributed by atoms with Gasteiger partial charge in [-0.15, -0.1) is 0 Å². The van der Waals surface area contributed by atoms with Crippen molar-refractivity contribution in [2.75, 3.05) is 19.7 Å². The fraction of sp³-hybridized carbons (Fsp3) is 0.462. The molecule has 1 N–H and O–H groups in total. The summed E-state index contributed by atoms with van der Waals surface area (Å²) in [5.74, 6) is 0. The number of aliphatic hydroxyl groups excluding tert-OH is 1. The third kappa shape index (κ3) is 2.98. The van der Waals surface area contributed by atoms with Gasteiger partial charge in [0.15, 0.2) is 5.67 Å². The van der Waals surface area contributed by atoms with Crippen LogP contribution in [-0.2, 0) is 11.3 Å². The maximum atomic E-state index is 13.7. The molecule has 1 aliphatic rings. The van der Waals surface area contributed by atoms with Gasteiger partial charge in [0.05, 0.1) is 13.2 Å². The lowest BCUT2D eigenvalue weighted by Gasteiger charge is -2.18. The fourth-order valence-electron chi connectivity index (χ4n) is 1.93. The summed E-state index contributed by atoms with van der Waals surface area (Å²) in [4.78, 5) is 13.0. The van der Waals surface area contributed by atoms with E-state index in [2.05, 4.69) is 0 Å². The Labute approximate surface area is 105 Å². The number of nitrogens with zero attached hydrogens (tertiary/aromatic N) is 1. The van der Waals surface area contributed by atoms with Gasteiger partial charge in [-0.3, -0.25) is 0 Å². The Morgan fingerprint density at radius 3 is 2.78 bits per heavy atom. The van der Waals surface area contributed by atoms with Crippen molar-refractivity contribution >= 4 is 6.09 Å². The van der Waals surface area contributed by atoms with Gasteiger partial charge in [-0.25, -0.2) is 9.18 Å². The van der Waals surface area contributed by atoms with Crippen LogP contribution in [0.2, 0.25) is 0 Å². The number of amides is 1. The van der Waals surface area contributed by atoms with Crippen LogP contribution in [0.1, 0.15) is 12.0 Å². The summed E-state index contributed by atoms with van der Waals surface area (Å²) in [6, 6.07) is 9.30. The van der Waals surface area contributed by atoms with Gasteiger partial charge in [-0.05, 0) is 5.56 Å². The van der Waals surface area contributed by atoms with Crippen molar-refractivity contribution in [1.29, 1.82) is 0 Å². The zero-order valence-electron chi connectivity index (χ0n) is 10.0. The lowest BCUT2D eigenvalue weighted by Crippen LogP contribution is -2.35. The molecule has 1 aliphatic heterocycles. The summed E-state index contributed by atoms with van der Waals surface area (Å²) in [7, 11) is 0. The Morgan fingerprint density at radius 2 is 2.17 bits per heavy atom. The Morgan fingerprint density at radius 1 is 1.44 bits per heavy atom. The lowest BCUT2D eigenvalue weighted by molar-refractivity contribution is 0.0668. The highest BCUT2D eigenvalue weighted by molar-refractivity contribution is 5.68. The van der Waals surface area contributed by atoms with Crippen LogP contribution < -0.4 is 0 Å². The van der Waals surface area contributed by atoms with E-state index in [0.29, 0.717) is 0 Å². The highest BCUT2D eigenvalue weighted by atomic mass is 19.1. The molecule has 1 atom stereocenters. The molecular weight excluding hydrogens is 237 g/mol. The minimum Gasteiger partial charge on any atom is -0.445 e. The van der Waals surface area contributed by atoms with Crippen molar-refractivity contribution < 1.29 is 19.0 Å². The second kappa shape index (κ2) is 5.35. The normalized spacial score (nSPS) is 23.1. The predicted molar refractivity (Wildman–Crippen MR) is 63.7 cm³/mol. The number of rotatable bonds is 3. The van der Waals surface area contributed by atoms with Crippen LogP contribution in [0.4, 0.5) is 9.18 Å². The van der Waals surface area contributed by atoms with Crippen molar-refractivity contribution in [3.05, 3.63) is 35.9 Å². The van der Waals surface area contributed by atoms with Crippen molar-refractivity contribution in [3.8, 4) is 0 Å². The zero-order valence-corrected chi connectivity index (χ0v) is 10.0. The molecule has 1 saturated heterocycles. The molecule has 1 heterocycles. The van der Waals surface area contributed by atoms with Crippen molar-refractivity contribution in [3.63, 3.8) is 0 Å². The van der Waals surface area contributed by atoms with Gasteiger partial charge >= 0.3 is 6.09 Å². The molecule has 0 aromatic heterocycles. The lowest BCUT2D eigenvalue weighted by atomic mass is 10.1. The first-order valence-electron chi connectivity index (χ1n) is 5.88. The average Bonchev–Trinajstić information content (AvgIpc) is 2.81. The molecule has 0 aliphatic carbocycles. The summed E-state index contributed by atoms with van der Waals surface area (Å²) < 4.78 is 18.8. The minimum atomic E-state index is -1.67. The second-order valence-corrected chi connectivity index (χ2v) is 4.52. The second-order valence-electron chi connectivity index (χ2n) is 4.52. The van der Waals surface area contributed by atoms with Gasteiger partial charge in [0.2, 0.25) is 0 Å². The van der Waals surface area contributed by atoms with Gasteiger partial charge in [-0.2, -0.15) is 0 Å². The van der Waals surface area contributed by atoms with Crippen molar-refractivity contribution in [2.24, 2.45) is 0 Å². The first-order chi connectivity index (χ1) is 8.63. The first-order valence-corrected chi connectivity index (χ1v) is 5.88. The molecule has 0 saturated carbocycles. The van der Waals surface area contributed by atoms with Crippen LogP contribution in [0.5, 0.6) is 0 Å². The molecule has 1 amide bonds. The van der Waals surface area contributed by atoms with E-state index in [1.54, 1.807) is 0 Å². The number of benzene rings is 1. The molecule has 1 fully saturated rings. The summed E-state index contributed by atoms with van der Waals surface area (Å²) in [5.41, 5.74) is -0.787. The van der Waals surface area contributed by atoms with Crippen molar-refractivity contribution in [1.82, 2.24) is 4.90 Å². The number of halogens is 1. The molecule has 98 valence electrons. The number of carbonyl (C=O) groups is 1. The van der Waals surface area contributed by atoms with Crippen LogP contribution in [0, 0.1) is 0 Å². The van der Waals surface area contributed by atoms with Gasteiger partial charge in [-0.1, -0.05) is 30.3 Å². The third-order valence-corrected chi connectivity index (χ3v) is 3.05. The largest absolute Gasteiger partial charge is 0.445 e. The first kappa shape index (κ1) is 12.8. The Balaban J connectivity index is 1.83. The average molecular weight is 253 g/mol. The molecule has 1 aromatic rings. The van der Waals surface area contributed by atoms with Crippen LogP contribution >= 0.6 is 0 Å². The van der Waals surface area contributed by atoms with Crippen LogP contribution in [-0.4, -0.2) is 41.5 Å². The van der Waals surface area contributed by atoms with Gasteiger partial charge in [0, 0.05) is 13.0 Å². The van der Waals surface area contributed by atoms with E-state index in [-0.39, 0.29) is 26.1 Å². The van der Waals surface area contributed by atoms with E-state index in [1.165, 1.54) is 4.90 Å². The fourth-order valence-corrected chi connectivity index (χ4v) is 1.93. The zero-order chi connectivity index (χ0) is 13.0. The number of hydrogen-bond donors (Lipinski definition) is 1. The standard InChI is InChI=1S/C13H16FNO3/c14-13(10-16)6-7-15(9-13)12(17)18-8-11-4-2-1-3-5-11/h1-5,16H,6-10H2/t13-/m0/s1. The molecule has 0 spiro atoms. The van der Waals surface area contributed by atoms with Crippen molar-refractivity contribution in [2.45, 2.75) is 18.7 Å². The van der Waals surface area contributed by atoms with E-state index >= 15 is 0 Å². The maximum absolute atomic E-state index is 13.7. The predicted octanol–water partition coefficient (Wildman–Crippen LogP) is 1.73. The maximum Gasteiger partial charge on any atom is 0.410 e. The van der Waals surface area contributed by atoms with Crippen LogP contribution in [0.15, 0.2) is 30.3 Å². The molecule has 0 unspecified atom stereocenters. The molecule has 1 aromatic carbocycles. The highest BCUT2D eigenvalue weighted by Gasteiger charge is 2.40. The Bertz CT molecular complexity index is 412. The number of hydrogen-bond acceptors (Lipinski definition) is 3. The summed E-state index contributed by atoms with van der Waals surface area (Å²) in [6.45, 7) is -0.203. The monoisotopic (exact) mass is 253 g/mol. The Hall–Kier alpha value is -1.62. The third-order valence-electron chi connectivity index (χ3n) is 3.05. The molecule has 2 rings (SSSR count). The van der Waals surface area contributed by atoms with E-state index < -0.39 is 18.4 Å². The minimum absolute atomic E-state index is 0.100. The topological polar surface area (TPSA) is 49.8 Å². The molecular formula is C13H16FNO3. The molecule has 4 nitrogen and oxygen atoms in total. The van der Waals surface area contributed by atoms with Gasteiger partial charge in [0.1, 0.15) is 6.61 Å². The van der Waals surface area contributed by atoms with Crippen LogP contribution in [0.25, 0.3) is 0 Å². The number of likely N-dealkylation sites (tertiary alicyclic amines) is 1. The Kier molecular flexibility index (Phi) is 3.81. The van der Waals surface area contributed by atoms with E-state index in [1.807, 2.05) is 30.3 Å². The summed E-state index contributed by atoms with van der Waals surface area (Å²) in [5, 5.41) is 8.88. The summed E-state index contributed by atoms with van der Waals surface area (Å²) in [6.07, 6.45) is -0.379. The SMILES string of the molecule is O=C(OCc1ccccc1)N1CC[C@@](F)(CO)C1. The number of alkyl halides is 1. The quantitative estimate of drug-likeness (QED) is 0.892. The number of ether oxygens (including phenoxy) is 1. The molecule has 18 heavy (non-hydrogen) atoms. The summed E-state index contributed by atoms with van der Waals surface area (Å²) >= 11 is 0. The molecule has 0 radical (unpaired) electrons. The number of carbonyl (C=O) groups excluding carboxylic acids is 1. The van der Waals surface area contributed by atoms with E-state index in [9.17, 15) is 9.18 Å². The van der Waals surface area contributed by atoms with Gasteiger partial charge < -0.3 is 14.7 Å². The van der Waals surface area contributed by atoms with Gasteiger partial charge in [0.25, 0.3) is 0 Å². The van der Waals surface area contributed by atoms with E-state index in [0.717, 1.165) is 5.56 Å². The molecule has 0 bridgehead atoms. The highest BCUT2D eigenvalue weighted by Crippen LogP contribution is 2.25. The van der Waals surface area contributed by atoms with E-state index in [4.69, 9.17) is 9.84 Å².